The molecule has 0 radical (unpaired) electrons. The minimum absolute atomic E-state index is 0.220. The minimum Gasteiger partial charge on any atom is -0.356 e. The van der Waals surface area contributed by atoms with Gasteiger partial charge in [0.05, 0.1) is 17.6 Å². The van der Waals surface area contributed by atoms with Crippen LogP contribution in [-0.4, -0.2) is 41.8 Å². The van der Waals surface area contributed by atoms with Crippen LogP contribution in [-0.2, 0) is 21.4 Å². The number of benzene rings is 1. The molecule has 0 aliphatic carbocycles. The van der Waals surface area contributed by atoms with Gasteiger partial charge in [0, 0.05) is 28.2 Å². The van der Waals surface area contributed by atoms with Crippen molar-refractivity contribution in [1.82, 2.24) is 19.6 Å². The van der Waals surface area contributed by atoms with Crippen molar-refractivity contribution in [3.05, 3.63) is 58.9 Å². The number of carbonyl (C=O) groups is 1. The number of sulfonamides is 1. The molecule has 1 saturated heterocycles. The third kappa shape index (κ3) is 3.71. The topological polar surface area (TPSA) is 95.2 Å². The molecule has 3 aromatic heterocycles. The van der Waals surface area contributed by atoms with Crippen LogP contribution in [0.4, 0.5) is 0 Å². The molecule has 2 N–H and O–H groups in total. The van der Waals surface area contributed by atoms with E-state index >= 15 is 0 Å². The lowest BCUT2D eigenvalue weighted by molar-refractivity contribution is -0.129. The van der Waals surface area contributed by atoms with E-state index in [2.05, 4.69) is 14.7 Å². The first kappa shape index (κ1) is 20.4. The summed E-state index contributed by atoms with van der Waals surface area (Å²) in [5, 5.41) is 1.36. The molecule has 160 valence electrons. The molecule has 0 spiro atoms. The molecular weight excluding hydrogens is 456 g/mol. The Labute approximate surface area is 188 Å². The van der Waals surface area contributed by atoms with E-state index in [1.165, 1.54) is 11.3 Å². The molecule has 10 heteroatoms. The highest BCUT2D eigenvalue weighted by Gasteiger charge is 2.36. The normalized spacial score (nSPS) is 17.3. The lowest BCUT2D eigenvalue weighted by Gasteiger charge is -2.16. The largest absolute Gasteiger partial charge is 0.356 e. The van der Waals surface area contributed by atoms with Crippen molar-refractivity contribution in [2.75, 3.05) is 6.54 Å². The number of aromatic nitrogens is 2. The van der Waals surface area contributed by atoms with E-state index < -0.39 is 16.1 Å². The Morgan fingerprint density at radius 3 is 2.97 bits per heavy atom. The van der Waals surface area contributed by atoms with E-state index in [0.29, 0.717) is 30.1 Å². The molecule has 4 heterocycles. The molecule has 1 aliphatic heterocycles. The molecular formula is C21H19ClN4O3S2. The Balaban J connectivity index is 1.34. The lowest BCUT2D eigenvalue weighted by Crippen LogP contribution is -2.41. The zero-order valence-electron chi connectivity index (χ0n) is 16.6. The van der Waals surface area contributed by atoms with Crippen LogP contribution >= 0.6 is 22.9 Å². The standard InChI is InChI=1S/C21H19ClN4O3S2/c1-12-15-9-13(22)4-5-19(15)30-21(12)31(28,29)25-17-6-8-26(20(17)27)11-14-10-18-16(24-14)3-2-7-23-18/h2-5,7,9-10,17,24-25H,6,8,11H2,1H3/t17-/m0/s1. The molecule has 1 aromatic carbocycles. The van der Waals surface area contributed by atoms with E-state index in [0.717, 1.165) is 26.8 Å². The number of aryl methyl sites for hydroxylation is 1. The summed E-state index contributed by atoms with van der Waals surface area (Å²) in [7, 11) is -3.84. The molecule has 7 nitrogen and oxygen atoms in total. The van der Waals surface area contributed by atoms with Crippen LogP contribution in [0.1, 0.15) is 17.7 Å². The van der Waals surface area contributed by atoms with E-state index in [1.807, 2.05) is 24.3 Å². The van der Waals surface area contributed by atoms with E-state index in [9.17, 15) is 13.2 Å². The number of thiophene rings is 1. The van der Waals surface area contributed by atoms with Gasteiger partial charge in [-0.25, -0.2) is 8.42 Å². The molecule has 1 fully saturated rings. The maximum Gasteiger partial charge on any atom is 0.251 e. The first-order chi connectivity index (χ1) is 14.8. The number of carbonyl (C=O) groups excluding carboxylic acids is 1. The zero-order chi connectivity index (χ0) is 21.8. The second-order valence-electron chi connectivity index (χ2n) is 7.61. The quantitative estimate of drug-likeness (QED) is 0.459. The van der Waals surface area contributed by atoms with Gasteiger partial charge in [-0.3, -0.25) is 9.78 Å². The average Bonchev–Trinajstić information content (AvgIpc) is 3.39. The van der Waals surface area contributed by atoms with Gasteiger partial charge in [-0.15, -0.1) is 11.3 Å². The Kier molecular flexibility index (Phi) is 5.01. The summed E-state index contributed by atoms with van der Waals surface area (Å²) in [6.07, 6.45) is 2.14. The Morgan fingerprint density at radius 1 is 1.32 bits per heavy atom. The van der Waals surface area contributed by atoms with Crippen molar-refractivity contribution in [3.63, 3.8) is 0 Å². The molecule has 1 atom stereocenters. The van der Waals surface area contributed by atoms with E-state index in [1.54, 1.807) is 30.2 Å². The first-order valence-electron chi connectivity index (χ1n) is 9.74. The number of nitrogens with zero attached hydrogens (tertiary/aromatic N) is 2. The fourth-order valence-corrected chi connectivity index (χ4v) is 7.14. The number of pyridine rings is 1. The second-order valence-corrected chi connectivity index (χ2v) is 11.0. The zero-order valence-corrected chi connectivity index (χ0v) is 18.9. The lowest BCUT2D eigenvalue weighted by atomic mass is 10.2. The van der Waals surface area contributed by atoms with Gasteiger partial charge in [0.2, 0.25) is 5.91 Å². The van der Waals surface area contributed by atoms with Gasteiger partial charge in [0.25, 0.3) is 10.0 Å². The summed E-state index contributed by atoms with van der Waals surface area (Å²) >= 11 is 7.25. The number of H-pyrrole nitrogens is 1. The number of aromatic amines is 1. The highest BCUT2D eigenvalue weighted by molar-refractivity contribution is 7.91. The van der Waals surface area contributed by atoms with E-state index in [-0.39, 0.29) is 10.1 Å². The van der Waals surface area contributed by atoms with Gasteiger partial charge in [0.1, 0.15) is 10.3 Å². The molecule has 5 rings (SSSR count). The van der Waals surface area contributed by atoms with Gasteiger partial charge < -0.3 is 9.88 Å². The SMILES string of the molecule is Cc1c(S(=O)(=O)N[C@H]2CCN(Cc3cc4ncccc4[nH]3)C2=O)sc2ccc(Cl)cc12. The van der Waals surface area contributed by atoms with Crippen LogP contribution in [0.25, 0.3) is 21.1 Å². The number of rotatable bonds is 5. The van der Waals surface area contributed by atoms with Crippen LogP contribution in [0.15, 0.2) is 46.8 Å². The summed E-state index contributed by atoms with van der Waals surface area (Å²) < 4.78 is 29.8. The Hall–Kier alpha value is -2.46. The van der Waals surface area contributed by atoms with Crippen molar-refractivity contribution in [1.29, 1.82) is 0 Å². The maximum absolute atomic E-state index is 13.1. The maximum atomic E-state index is 13.1. The number of fused-ring (bicyclic) bond motifs is 2. The van der Waals surface area contributed by atoms with Gasteiger partial charge in [-0.05, 0) is 60.7 Å². The monoisotopic (exact) mass is 474 g/mol. The molecule has 0 bridgehead atoms. The van der Waals surface area contributed by atoms with Crippen LogP contribution in [0, 0.1) is 6.92 Å². The number of likely N-dealkylation sites (tertiary alicyclic amines) is 1. The van der Waals surface area contributed by atoms with Crippen molar-refractivity contribution in [2.24, 2.45) is 0 Å². The van der Waals surface area contributed by atoms with Crippen molar-refractivity contribution >= 4 is 60.0 Å². The fourth-order valence-electron chi connectivity index (χ4n) is 3.98. The van der Waals surface area contributed by atoms with Gasteiger partial charge in [0.15, 0.2) is 0 Å². The highest BCUT2D eigenvalue weighted by Crippen LogP contribution is 2.35. The molecule has 4 aromatic rings. The van der Waals surface area contributed by atoms with Gasteiger partial charge in [-0.1, -0.05) is 11.6 Å². The second kappa shape index (κ2) is 7.59. The van der Waals surface area contributed by atoms with Gasteiger partial charge >= 0.3 is 0 Å². The van der Waals surface area contributed by atoms with Crippen LogP contribution in [0.5, 0.6) is 0 Å². The van der Waals surface area contributed by atoms with Crippen molar-refractivity contribution < 1.29 is 13.2 Å². The number of nitrogens with one attached hydrogen (secondary N) is 2. The van der Waals surface area contributed by atoms with Crippen LogP contribution < -0.4 is 4.72 Å². The minimum atomic E-state index is -3.84. The highest BCUT2D eigenvalue weighted by atomic mass is 35.5. The predicted molar refractivity (Wildman–Crippen MR) is 122 cm³/mol. The number of hydrogen-bond donors (Lipinski definition) is 2. The molecule has 31 heavy (non-hydrogen) atoms. The number of amides is 1. The van der Waals surface area contributed by atoms with Crippen molar-refractivity contribution in [3.8, 4) is 0 Å². The first-order valence-corrected chi connectivity index (χ1v) is 12.4. The third-order valence-corrected chi connectivity index (χ3v) is 9.10. The Morgan fingerprint density at radius 2 is 2.16 bits per heavy atom. The molecule has 0 unspecified atom stereocenters. The molecule has 0 saturated carbocycles. The van der Waals surface area contributed by atoms with Crippen LogP contribution in [0.2, 0.25) is 5.02 Å². The average molecular weight is 475 g/mol. The molecule has 1 amide bonds. The third-order valence-electron chi connectivity index (χ3n) is 5.50. The summed E-state index contributed by atoms with van der Waals surface area (Å²) in [5.41, 5.74) is 3.24. The summed E-state index contributed by atoms with van der Waals surface area (Å²) in [4.78, 5) is 22.1. The van der Waals surface area contributed by atoms with Crippen molar-refractivity contribution in [2.45, 2.75) is 30.1 Å². The fraction of sp³-hybridized carbons (Fsp3) is 0.238. The summed E-state index contributed by atoms with van der Waals surface area (Å²) in [6, 6.07) is 10.2. The number of hydrogen-bond acceptors (Lipinski definition) is 5. The van der Waals surface area contributed by atoms with E-state index in [4.69, 9.17) is 11.6 Å². The summed E-state index contributed by atoms with van der Waals surface area (Å²) in [6.45, 7) is 2.63. The Bertz CT molecular complexity index is 1390. The molecule has 1 aliphatic rings. The number of halogens is 1. The summed E-state index contributed by atoms with van der Waals surface area (Å²) in [5.74, 6) is -0.225. The smallest absolute Gasteiger partial charge is 0.251 e. The van der Waals surface area contributed by atoms with Crippen LogP contribution in [0.3, 0.4) is 0 Å². The van der Waals surface area contributed by atoms with Gasteiger partial charge in [-0.2, -0.15) is 4.72 Å². The predicted octanol–water partition coefficient (Wildman–Crippen LogP) is 3.82.